The summed E-state index contributed by atoms with van der Waals surface area (Å²) in [5.74, 6) is -2.04. The minimum Gasteiger partial charge on any atom is -0.480 e. The van der Waals surface area contributed by atoms with Gasteiger partial charge in [0.25, 0.3) is 0 Å². The van der Waals surface area contributed by atoms with Crippen molar-refractivity contribution >= 4 is 17.8 Å². The molecule has 0 bridgehead atoms. The van der Waals surface area contributed by atoms with Crippen molar-refractivity contribution in [2.24, 2.45) is 17.6 Å². The lowest BCUT2D eigenvalue weighted by Gasteiger charge is -2.30. The van der Waals surface area contributed by atoms with Crippen molar-refractivity contribution in [1.29, 1.82) is 0 Å². The van der Waals surface area contributed by atoms with Gasteiger partial charge in [-0.2, -0.15) is 0 Å². The SMILES string of the molecule is COC(=O)CCC(NC(=O)C1CCCCC1CN)C(=O)O. The number of hydrogen-bond acceptors (Lipinski definition) is 5. The second-order valence-corrected chi connectivity index (χ2v) is 5.40. The first kappa shape index (κ1) is 17.4. The Balaban J connectivity index is 2.58. The Morgan fingerprint density at radius 3 is 2.57 bits per heavy atom. The van der Waals surface area contributed by atoms with Crippen LogP contribution in [-0.2, 0) is 19.1 Å². The molecule has 7 heteroatoms. The standard InChI is InChI=1S/C14H24N2O5/c1-21-12(17)7-6-11(14(19)20)16-13(18)10-5-3-2-4-9(10)8-15/h9-11H,2-8,15H2,1H3,(H,16,18)(H,19,20). The molecule has 0 aliphatic heterocycles. The molecule has 1 aliphatic carbocycles. The van der Waals surface area contributed by atoms with Crippen LogP contribution in [0.25, 0.3) is 0 Å². The minimum atomic E-state index is -1.15. The first-order chi connectivity index (χ1) is 9.99. The van der Waals surface area contributed by atoms with Gasteiger partial charge in [0.2, 0.25) is 5.91 Å². The summed E-state index contributed by atoms with van der Waals surface area (Å²) in [6.07, 6.45) is 3.61. The summed E-state index contributed by atoms with van der Waals surface area (Å²) >= 11 is 0. The van der Waals surface area contributed by atoms with Gasteiger partial charge in [0, 0.05) is 12.3 Å². The Morgan fingerprint density at radius 1 is 1.33 bits per heavy atom. The summed E-state index contributed by atoms with van der Waals surface area (Å²) < 4.78 is 4.48. The maximum atomic E-state index is 12.3. The molecule has 0 aromatic carbocycles. The molecule has 7 nitrogen and oxygen atoms in total. The van der Waals surface area contributed by atoms with Crippen LogP contribution in [-0.4, -0.2) is 42.6 Å². The van der Waals surface area contributed by atoms with E-state index in [1.165, 1.54) is 7.11 Å². The zero-order valence-corrected chi connectivity index (χ0v) is 12.3. The van der Waals surface area contributed by atoms with Crippen LogP contribution in [0.4, 0.5) is 0 Å². The van der Waals surface area contributed by atoms with E-state index in [-0.39, 0.29) is 30.6 Å². The second-order valence-electron chi connectivity index (χ2n) is 5.40. The monoisotopic (exact) mass is 300 g/mol. The molecule has 0 aromatic heterocycles. The van der Waals surface area contributed by atoms with Gasteiger partial charge < -0.3 is 20.9 Å². The molecule has 3 unspecified atom stereocenters. The maximum Gasteiger partial charge on any atom is 0.326 e. The molecule has 1 amide bonds. The number of nitrogens with one attached hydrogen (secondary N) is 1. The topological polar surface area (TPSA) is 119 Å². The average molecular weight is 300 g/mol. The third kappa shape index (κ3) is 5.34. The van der Waals surface area contributed by atoms with E-state index in [0.717, 1.165) is 25.7 Å². The molecule has 3 atom stereocenters. The first-order valence-electron chi connectivity index (χ1n) is 7.29. The third-order valence-corrected chi connectivity index (χ3v) is 4.03. The Labute approximate surface area is 124 Å². The fourth-order valence-electron chi connectivity index (χ4n) is 2.74. The quantitative estimate of drug-likeness (QED) is 0.581. The second kappa shape index (κ2) is 8.61. The van der Waals surface area contributed by atoms with Crippen LogP contribution in [0.5, 0.6) is 0 Å². The van der Waals surface area contributed by atoms with Crippen molar-refractivity contribution < 1.29 is 24.2 Å². The fraction of sp³-hybridized carbons (Fsp3) is 0.786. The van der Waals surface area contributed by atoms with Gasteiger partial charge in [-0.3, -0.25) is 9.59 Å². The van der Waals surface area contributed by atoms with Gasteiger partial charge in [0.15, 0.2) is 0 Å². The highest BCUT2D eigenvalue weighted by molar-refractivity contribution is 5.85. The van der Waals surface area contributed by atoms with Gasteiger partial charge in [-0.25, -0.2) is 4.79 Å². The summed E-state index contributed by atoms with van der Waals surface area (Å²) in [5, 5.41) is 11.7. The largest absolute Gasteiger partial charge is 0.480 e. The van der Waals surface area contributed by atoms with Crippen LogP contribution in [0.2, 0.25) is 0 Å². The van der Waals surface area contributed by atoms with Gasteiger partial charge >= 0.3 is 11.9 Å². The van der Waals surface area contributed by atoms with Gasteiger partial charge in [-0.05, 0) is 31.7 Å². The molecule has 1 aliphatic rings. The zero-order valence-electron chi connectivity index (χ0n) is 12.3. The van der Waals surface area contributed by atoms with E-state index in [2.05, 4.69) is 10.1 Å². The van der Waals surface area contributed by atoms with Crippen molar-refractivity contribution in [3.05, 3.63) is 0 Å². The summed E-state index contributed by atoms with van der Waals surface area (Å²) in [7, 11) is 1.24. The van der Waals surface area contributed by atoms with Crippen molar-refractivity contribution in [2.75, 3.05) is 13.7 Å². The number of carboxylic acids is 1. The molecule has 0 saturated heterocycles. The summed E-state index contributed by atoms with van der Waals surface area (Å²) in [5.41, 5.74) is 5.68. The van der Waals surface area contributed by atoms with E-state index in [0.29, 0.717) is 6.54 Å². The number of carboxylic acid groups (broad SMARTS) is 1. The first-order valence-corrected chi connectivity index (χ1v) is 7.29. The number of amides is 1. The summed E-state index contributed by atoms with van der Waals surface area (Å²) in [4.78, 5) is 34.5. The highest BCUT2D eigenvalue weighted by Gasteiger charge is 2.32. The Morgan fingerprint density at radius 2 is 2.00 bits per heavy atom. The fourth-order valence-corrected chi connectivity index (χ4v) is 2.74. The van der Waals surface area contributed by atoms with Crippen LogP contribution in [0.15, 0.2) is 0 Å². The molecular formula is C14H24N2O5. The predicted octanol–water partition coefficient (Wildman–Crippen LogP) is 0.274. The van der Waals surface area contributed by atoms with Crippen molar-refractivity contribution in [1.82, 2.24) is 5.32 Å². The number of nitrogens with two attached hydrogens (primary N) is 1. The van der Waals surface area contributed by atoms with Gasteiger partial charge in [0.05, 0.1) is 7.11 Å². The molecule has 0 heterocycles. The molecule has 4 N–H and O–H groups in total. The lowest BCUT2D eigenvalue weighted by molar-refractivity contribution is -0.145. The highest BCUT2D eigenvalue weighted by Crippen LogP contribution is 2.29. The molecule has 1 saturated carbocycles. The van der Waals surface area contributed by atoms with Crippen molar-refractivity contribution in [3.8, 4) is 0 Å². The number of rotatable bonds is 7. The molecule has 21 heavy (non-hydrogen) atoms. The number of aliphatic carboxylic acids is 1. The van der Waals surface area contributed by atoms with Crippen LogP contribution >= 0.6 is 0 Å². The van der Waals surface area contributed by atoms with Gasteiger partial charge in [0.1, 0.15) is 6.04 Å². The normalized spacial score (nSPS) is 23.1. The van der Waals surface area contributed by atoms with Crippen LogP contribution in [0.1, 0.15) is 38.5 Å². The lowest BCUT2D eigenvalue weighted by atomic mass is 9.78. The van der Waals surface area contributed by atoms with E-state index >= 15 is 0 Å². The van der Waals surface area contributed by atoms with Crippen LogP contribution in [0.3, 0.4) is 0 Å². The molecule has 0 radical (unpaired) electrons. The van der Waals surface area contributed by atoms with Gasteiger partial charge in [-0.15, -0.1) is 0 Å². The van der Waals surface area contributed by atoms with Crippen LogP contribution in [0, 0.1) is 11.8 Å². The molecule has 1 rings (SSSR count). The summed E-state index contributed by atoms with van der Waals surface area (Å²) in [6.45, 7) is 0.429. The van der Waals surface area contributed by atoms with E-state index < -0.39 is 18.0 Å². The molecule has 0 spiro atoms. The Bertz CT molecular complexity index is 386. The smallest absolute Gasteiger partial charge is 0.326 e. The molecular weight excluding hydrogens is 276 g/mol. The van der Waals surface area contributed by atoms with Crippen molar-refractivity contribution in [3.63, 3.8) is 0 Å². The lowest BCUT2D eigenvalue weighted by Crippen LogP contribution is -2.47. The third-order valence-electron chi connectivity index (χ3n) is 4.03. The Hall–Kier alpha value is -1.63. The number of carbonyl (C=O) groups is 3. The number of esters is 1. The number of hydrogen-bond donors (Lipinski definition) is 3. The summed E-state index contributed by atoms with van der Waals surface area (Å²) in [6, 6.07) is -1.07. The average Bonchev–Trinajstić information content (AvgIpc) is 2.50. The van der Waals surface area contributed by atoms with Crippen molar-refractivity contribution in [2.45, 2.75) is 44.6 Å². The van der Waals surface area contributed by atoms with E-state index in [1.807, 2.05) is 0 Å². The zero-order chi connectivity index (χ0) is 15.8. The van der Waals surface area contributed by atoms with E-state index in [4.69, 9.17) is 10.8 Å². The highest BCUT2D eigenvalue weighted by atomic mass is 16.5. The maximum absolute atomic E-state index is 12.3. The number of ether oxygens (including phenoxy) is 1. The molecule has 1 fully saturated rings. The van der Waals surface area contributed by atoms with E-state index in [1.54, 1.807) is 0 Å². The minimum absolute atomic E-state index is 0.0216. The molecule has 120 valence electrons. The van der Waals surface area contributed by atoms with E-state index in [9.17, 15) is 14.4 Å². The predicted molar refractivity (Wildman–Crippen MR) is 75.3 cm³/mol. The number of carbonyl (C=O) groups excluding carboxylic acids is 2. The number of methoxy groups -OCH3 is 1. The molecule has 0 aromatic rings. The Kier molecular flexibility index (Phi) is 7.14. The van der Waals surface area contributed by atoms with Crippen LogP contribution < -0.4 is 11.1 Å². The van der Waals surface area contributed by atoms with Gasteiger partial charge in [-0.1, -0.05) is 12.8 Å².